The Morgan fingerprint density at radius 1 is 1.45 bits per heavy atom. The van der Waals surface area contributed by atoms with E-state index in [4.69, 9.17) is 9.15 Å². The maximum atomic E-state index is 12.3. The van der Waals surface area contributed by atoms with Gasteiger partial charge in [0.2, 0.25) is 5.91 Å². The van der Waals surface area contributed by atoms with Crippen LogP contribution in [0.1, 0.15) is 40.8 Å². The summed E-state index contributed by atoms with van der Waals surface area (Å²) in [4.78, 5) is 25.5. The van der Waals surface area contributed by atoms with Crippen LogP contribution in [0.2, 0.25) is 0 Å². The van der Waals surface area contributed by atoms with Gasteiger partial charge in [-0.2, -0.15) is 10.4 Å². The molecule has 1 aliphatic rings. The van der Waals surface area contributed by atoms with Gasteiger partial charge in [0.15, 0.2) is 0 Å². The molecule has 1 aliphatic carbocycles. The topological polar surface area (TPSA) is 122 Å². The van der Waals surface area contributed by atoms with E-state index in [9.17, 15) is 14.9 Å². The fraction of sp³-hybridized carbons (Fsp3) is 0.304. The lowest BCUT2D eigenvalue weighted by Gasteiger charge is -2.22. The summed E-state index contributed by atoms with van der Waals surface area (Å²) in [6.07, 6.45) is 7.09. The summed E-state index contributed by atoms with van der Waals surface area (Å²) in [6, 6.07) is 7.53. The van der Waals surface area contributed by atoms with Crippen molar-refractivity contribution in [3.63, 3.8) is 0 Å². The molecule has 3 aromatic rings. The molecule has 33 heavy (non-hydrogen) atoms. The van der Waals surface area contributed by atoms with Crippen LogP contribution in [0.3, 0.4) is 0 Å². The number of carbonyl (C=O) groups excluding carboxylic acids is 2. The van der Waals surface area contributed by atoms with Gasteiger partial charge in [0, 0.05) is 30.1 Å². The second-order valence-corrected chi connectivity index (χ2v) is 8.52. The number of thiophene rings is 1. The Morgan fingerprint density at radius 2 is 2.33 bits per heavy atom. The lowest BCUT2D eigenvalue weighted by atomic mass is 9.94. The number of aromatic nitrogens is 2. The number of hydrogen-bond acceptors (Lipinski definition) is 7. The van der Waals surface area contributed by atoms with Crippen molar-refractivity contribution in [3.05, 3.63) is 64.2 Å². The van der Waals surface area contributed by atoms with E-state index in [0.717, 1.165) is 22.7 Å². The summed E-state index contributed by atoms with van der Waals surface area (Å²) in [5.74, 6) is 0.216. The smallest absolute Gasteiger partial charge is 0.407 e. The Balaban J connectivity index is 1.35. The first-order valence-electron chi connectivity index (χ1n) is 10.6. The fourth-order valence-corrected chi connectivity index (χ4v) is 4.98. The van der Waals surface area contributed by atoms with Gasteiger partial charge < -0.3 is 19.8 Å². The highest BCUT2D eigenvalue weighted by molar-refractivity contribution is 7.16. The Morgan fingerprint density at radius 3 is 3.09 bits per heavy atom. The number of hydrogen-bond donors (Lipinski definition) is 2. The Kier molecular flexibility index (Phi) is 6.90. The van der Waals surface area contributed by atoms with Gasteiger partial charge in [-0.1, -0.05) is 0 Å². The fourth-order valence-electron chi connectivity index (χ4n) is 3.71. The third-order valence-corrected chi connectivity index (χ3v) is 6.47. The van der Waals surface area contributed by atoms with Crippen molar-refractivity contribution in [1.29, 1.82) is 5.26 Å². The molecular formula is C23H23N5O4S. The lowest BCUT2D eigenvalue weighted by Crippen LogP contribution is -2.32. The molecule has 0 saturated carbocycles. The summed E-state index contributed by atoms with van der Waals surface area (Å²) in [7, 11) is 0. The Bertz CT molecular complexity index is 1200. The maximum Gasteiger partial charge on any atom is 0.407 e. The number of carbonyl (C=O) groups is 2. The minimum Gasteiger partial charge on any atom is -0.465 e. The van der Waals surface area contributed by atoms with Gasteiger partial charge in [0.05, 0.1) is 24.1 Å². The molecule has 1 atom stereocenters. The number of ether oxygens (including phenoxy) is 1. The molecule has 0 bridgehead atoms. The van der Waals surface area contributed by atoms with E-state index in [-0.39, 0.29) is 12.0 Å². The number of anilines is 1. The average Bonchev–Trinajstić information content (AvgIpc) is 3.55. The van der Waals surface area contributed by atoms with Gasteiger partial charge in [-0.05, 0) is 49.6 Å². The number of nitriles is 1. The molecule has 0 spiro atoms. The summed E-state index contributed by atoms with van der Waals surface area (Å²) in [6.45, 7) is 3.04. The number of nitrogens with one attached hydrogen (secondary N) is 2. The van der Waals surface area contributed by atoms with Gasteiger partial charge in [-0.3, -0.25) is 9.48 Å². The monoisotopic (exact) mass is 465 g/mol. The second kappa shape index (κ2) is 10.2. The summed E-state index contributed by atoms with van der Waals surface area (Å²) >= 11 is 1.35. The molecule has 4 rings (SSSR count). The van der Waals surface area contributed by atoms with Gasteiger partial charge in [-0.25, -0.2) is 4.79 Å². The number of amides is 2. The number of nitrogens with zero attached hydrogens (tertiary/aromatic N) is 3. The summed E-state index contributed by atoms with van der Waals surface area (Å²) in [5, 5.41) is 19.9. The zero-order valence-corrected chi connectivity index (χ0v) is 18.9. The molecule has 1 unspecified atom stereocenters. The SMILES string of the molecule is CCn1nccc1CNC(=O)OC1CCc2c(sc(NC(=O)C=Cc3ccco3)c2C#N)C1. The highest BCUT2D eigenvalue weighted by Gasteiger charge is 2.28. The second-order valence-electron chi connectivity index (χ2n) is 7.42. The van der Waals surface area contributed by atoms with E-state index in [0.29, 0.717) is 42.1 Å². The van der Waals surface area contributed by atoms with Crippen LogP contribution >= 0.6 is 11.3 Å². The predicted octanol–water partition coefficient (Wildman–Crippen LogP) is 3.86. The zero-order chi connectivity index (χ0) is 23.2. The Labute approximate surface area is 194 Å². The van der Waals surface area contributed by atoms with Crippen molar-refractivity contribution in [1.82, 2.24) is 15.1 Å². The van der Waals surface area contributed by atoms with Crippen LogP contribution in [0.25, 0.3) is 6.08 Å². The molecular weight excluding hydrogens is 442 g/mol. The number of aryl methyl sites for hydroxylation is 1. The van der Waals surface area contributed by atoms with Gasteiger partial charge >= 0.3 is 6.09 Å². The number of alkyl carbamates (subject to hydrolysis) is 1. The molecule has 3 aromatic heterocycles. The Hall–Kier alpha value is -3.84. The average molecular weight is 466 g/mol. The molecule has 10 heteroatoms. The third kappa shape index (κ3) is 5.32. The first-order valence-corrected chi connectivity index (χ1v) is 11.4. The molecule has 0 aliphatic heterocycles. The summed E-state index contributed by atoms with van der Waals surface area (Å²) in [5.41, 5.74) is 2.30. The van der Waals surface area contributed by atoms with Crippen LogP contribution in [0, 0.1) is 11.3 Å². The minimum atomic E-state index is -0.485. The van der Waals surface area contributed by atoms with Crippen molar-refractivity contribution in [2.45, 2.75) is 45.4 Å². The van der Waals surface area contributed by atoms with Crippen molar-refractivity contribution in [3.8, 4) is 6.07 Å². The van der Waals surface area contributed by atoms with Crippen LogP contribution in [0.15, 0.2) is 41.2 Å². The maximum absolute atomic E-state index is 12.3. The van der Waals surface area contributed by atoms with Crippen molar-refractivity contribution in [2.24, 2.45) is 0 Å². The molecule has 170 valence electrons. The van der Waals surface area contributed by atoms with E-state index >= 15 is 0 Å². The van der Waals surface area contributed by atoms with Crippen molar-refractivity contribution >= 4 is 34.4 Å². The highest BCUT2D eigenvalue weighted by atomic mass is 32.1. The van der Waals surface area contributed by atoms with Crippen LogP contribution in [0.4, 0.5) is 9.80 Å². The van der Waals surface area contributed by atoms with Crippen molar-refractivity contribution in [2.75, 3.05) is 5.32 Å². The van der Waals surface area contributed by atoms with Crippen molar-refractivity contribution < 1.29 is 18.7 Å². The molecule has 2 amide bonds. The van der Waals surface area contributed by atoms with E-state index in [2.05, 4.69) is 21.8 Å². The molecule has 2 N–H and O–H groups in total. The molecule has 0 fully saturated rings. The number of fused-ring (bicyclic) bond motifs is 1. The van der Waals surface area contributed by atoms with E-state index in [1.54, 1.807) is 24.4 Å². The summed E-state index contributed by atoms with van der Waals surface area (Å²) < 4.78 is 12.6. The molecule has 0 saturated heterocycles. The molecule has 9 nitrogen and oxygen atoms in total. The first-order chi connectivity index (χ1) is 16.1. The standard InChI is InChI=1S/C23H23N5O4S/c1-2-28-15(9-10-26-28)14-25-23(30)32-17-5-7-18-19(13-24)22(33-20(18)12-17)27-21(29)8-6-16-4-3-11-31-16/h3-4,6,8-11,17H,2,5,7,12,14H2,1H3,(H,25,30)(H,27,29). The van der Waals surface area contributed by atoms with E-state index in [1.807, 2.05) is 17.7 Å². The zero-order valence-electron chi connectivity index (χ0n) is 18.0. The minimum absolute atomic E-state index is 0.291. The number of furan rings is 1. The number of rotatable bonds is 7. The first kappa shape index (κ1) is 22.4. The largest absolute Gasteiger partial charge is 0.465 e. The third-order valence-electron chi connectivity index (χ3n) is 5.30. The normalized spacial score (nSPS) is 15.1. The van der Waals surface area contributed by atoms with Crippen LogP contribution < -0.4 is 10.6 Å². The molecule has 0 aromatic carbocycles. The van der Waals surface area contributed by atoms with E-state index < -0.39 is 6.09 Å². The van der Waals surface area contributed by atoms with E-state index in [1.165, 1.54) is 23.7 Å². The quantitative estimate of drug-likeness (QED) is 0.511. The van der Waals surface area contributed by atoms with Crippen LogP contribution in [0.5, 0.6) is 0 Å². The lowest BCUT2D eigenvalue weighted by molar-refractivity contribution is -0.111. The highest BCUT2D eigenvalue weighted by Crippen LogP contribution is 2.38. The predicted molar refractivity (Wildman–Crippen MR) is 122 cm³/mol. The van der Waals surface area contributed by atoms with Crippen LogP contribution in [-0.2, 0) is 35.5 Å². The van der Waals surface area contributed by atoms with Gasteiger partial charge in [0.25, 0.3) is 0 Å². The molecule has 3 heterocycles. The van der Waals surface area contributed by atoms with Gasteiger partial charge in [0.1, 0.15) is 22.9 Å². The van der Waals surface area contributed by atoms with Gasteiger partial charge in [-0.15, -0.1) is 11.3 Å². The van der Waals surface area contributed by atoms with Crippen LogP contribution in [-0.4, -0.2) is 27.9 Å². The molecule has 0 radical (unpaired) electrons.